The van der Waals surface area contributed by atoms with Crippen LogP contribution in [-0.4, -0.2) is 32.2 Å². The molecule has 2 aromatic carbocycles. The van der Waals surface area contributed by atoms with Crippen molar-refractivity contribution in [2.45, 2.75) is 27.7 Å². The van der Waals surface area contributed by atoms with E-state index in [-0.39, 0.29) is 11.1 Å². The number of urea groups is 1. The zero-order chi connectivity index (χ0) is 25.7. The van der Waals surface area contributed by atoms with Gasteiger partial charge in [0, 0.05) is 11.4 Å². The highest BCUT2D eigenvalue weighted by Gasteiger charge is 2.37. The number of carbonyl (C=O) groups is 3. The number of carbonyl (C=O) groups excluding carboxylic acids is 3. The number of para-hydroxylation sites is 1. The maximum absolute atomic E-state index is 13.3. The molecule has 4 aromatic rings. The minimum Gasteiger partial charge on any atom is -0.273 e. The smallest absolute Gasteiger partial charge is 0.273 e. The van der Waals surface area contributed by atoms with Crippen molar-refractivity contribution in [3.8, 4) is 0 Å². The Balaban J connectivity index is 1.63. The highest BCUT2D eigenvalue weighted by Crippen LogP contribution is 2.25. The summed E-state index contributed by atoms with van der Waals surface area (Å²) < 4.78 is 3.18. The van der Waals surface area contributed by atoms with Gasteiger partial charge >= 0.3 is 6.03 Å². The summed E-state index contributed by atoms with van der Waals surface area (Å²) in [5.74, 6) is -1.01. The Morgan fingerprint density at radius 2 is 1.61 bits per heavy atom. The van der Waals surface area contributed by atoms with Crippen molar-refractivity contribution < 1.29 is 14.4 Å². The fourth-order valence-electron chi connectivity index (χ4n) is 4.52. The van der Waals surface area contributed by atoms with E-state index in [1.807, 2.05) is 26.0 Å². The number of hydrogen-bond acceptors (Lipinski definition) is 5. The van der Waals surface area contributed by atoms with Gasteiger partial charge in [0.05, 0.1) is 16.6 Å². The molecule has 0 atom stereocenters. The van der Waals surface area contributed by atoms with E-state index >= 15 is 0 Å². The molecule has 9 nitrogen and oxygen atoms in total. The third-order valence-electron chi connectivity index (χ3n) is 6.21. The lowest BCUT2D eigenvalue weighted by Gasteiger charge is -2.26. The first-order valence-electron chi connectivity index (χ1n) is 11.3. The molecule has 0 unspecified atom stereocenters. The summed E-state index contributed by atoms with van der Waals surface area (Å²) in [5, 5.41) is 2.72. The third-order valence-corrected chi connectivity index (χ3v) is 6.21. The number of anilines is 1. The standard InChI is InChI=1S/C27H23N5O4/c1-15-8-7-9-20(12-15)30-25(34)22(24(33)29-27(30)36)14-19-13-16(2)31(17(19)3)32-18(4)28-23-11-6-5-10-21(23)26(32)35/h5-14H,1-4H3,(H,29,33,36). The van der Waals surface area contributed by atoms with Gasteiger partial charge in [-0.2, -0.15) is 4.68 Å². The molecule has 1 fully saturated rings. The van der Waals surface area contributed by atoms with Crippen LogP contribution in [-0.2, 0) is 9.59 Å². The van der Waals surface area contributed by atoms with Crippen LogP contribution in [0.1, 0.15) is 28.3 Å². The Kier molecular flexibility index (Phi) is 5.40. The van der Waals surface area contributed by atoms with Crippen molar-refractivity contribution in [2.75, 3.05) is 4.90 Å². The molecule has 1 N–H and O–H groups in total. The zero-order valence-electron chi connectivity index (χ0n) is 20.2. The van der Waals surface area contributed by atoms with Gasteiger partial charge in [0.15, 0.2) is 0 Å². The molecule has 0 spiro atoms. The Labute approximate surface area is 206 Å². The molecule has 0 aliphatic carbocycles. The second-order valence-corrected chi connectivity index (χ2v) is 8.73. The molecular formula is C27H23N5O4. The van der Waals surface area contributed by atoms with E-state index in [1.165, 1.54) is 10.8 Å². The number of aryl methyl sites for hydroxylation is 3. The van der Waals surface area contributed by atoms with Gasteiger partial charge in [0.2, 0.25) is 0 Å². The maximum atomic E-state index is 13.3. The minimum absolute atomic E-state index is 0.183. The summed E-state index contributed by atoms with van der Waals surface area (Å²) in [6.07, 6.45) is 1.45. The second kappa shape index (κ2) is 8.46. The van der Waals surface area contributed by atoms with E-state index in [1.54, 1.807) is 61.0 Å². The molecule has 0 bridgehead atoms. The monoisotopic (exact) mass is 481 g/mol. The molecule has 9 heteroatoms. The molecule has 1 saturated heterocycles. The molecule has 1 aliphatic heterocycles. The number of hydrogen-bond donors (Lipinski definition) is 1. The van der Waals surface area contributed by atoms with E-state index in [2.05, 4.69) is 10.3 Å². The maximum Gasteiger partial charge on any atom is 0.335 e. The Bertz CT molecular complexity index is 1690. The highest BCUT2D eigenvalue weighted by atomic mass is 16.2. The van der Waals surface area contributed by atoms with Gasteiger partial charge in [-0.3, -0.25) is 24.4 Å². The van der Waals surface area contributed by atoms with Crippen LogP contribution in [0.4, 0.5) is 10.5 Å². The average Bonchev–Trinajstić information content (AvgIpc) is 3.09. The predicted molar refractivity (Wildman–Crippen MR) is 136 cm³/mol. The number of nitrogens with zero attached hydrogens (tertiary/aromatic N) is 4. The molecule has 4 amide bonds. The van der Waals surface area contributed by atoms with Crippen LogP contribution in [0.15, 0.2) is 65.0 Å². The van der Waals surface area contributed by atoms with Crippen LogP contribution in [0.5, 0.6) is 0 Å². The fourth-order valence-corrected chi connectivity index (χ4v) is 4.52. The van der Waals surface area contributed by atoms with Gasteiger partial charge in [0.1, 0.15) is 11.4 Å². The highest BCUT2D eigenvalue weighted by molar-refractivity contribution is 6.39. The fraction of sp³-hybridized carbons (Fsp3) is 0.148. The lowest BCUT2D eigenvalue weighted by Crippen LogP contribution is -2.54. The quantitative estimate of drug-likeness (QED) is 0.357. The van der Waals surface area contributed by atoms with Crippen LogP contribution >= 0.6 is 0 Å². The Hall–Kier alpha value is -4.79. The van der Waals surface area contributed by atoms with Gasteiger partial charge in [-0.1, -0.05) is 24.3 Å². The van der Waals surface area contributed by atoms with Gasteiger partial charge in [-0.25, -0.2) is 14.7 Å². The van der Waals surface area contributed by atoms with Gasteiger partial charge in [0.25, 0.3) is 17.4 Å². The van der Waals surface area contributed by atoms with Gasteiger partial charge < -0.3 is 0 Å². The van der Waals surface area contributed by atoms with Crippen LogP contribution in [0.2, 0.25) is 0 Å². The molecular weight excluding hydrogens is 458 g/mol. The topological polar surface area (TPSA) is 106 Å². The summed E-state index contributed by atoms with van der Waals surface area (Å²) in [6, 6.07) is 15.0. The second-order valence-electron chi connectivity index (χ2n) is 8.73. The molecule has 2 aromatic heterocycles. The van der Waals surface area contributed by atoms with E-state index in [0.29, 0.717) is 39.4 Å². The minimum atomic E-state index is -0.803. The molecule has 36 heavy (non-hydrogen) atoms. The molecule has 1 aliphatic rings. The van der Waals surface area contributed by atoms with E-state index in [0.717, 1.165) is 10.5 Å². The van der Waals surface area contributed by atoms with Crippen LogP contribution in [0.25, 0.3) is 17.0 Å². The summed E-state index contributed by atoms with van der Waals surface area (Å²) in [6.45, 7) is 7.20. The number of barbiturate groups is 1. The van der Waals surface area contributed by atoms with E-state index in [4.69, 9.17) is 0 Å². The van der Waals surface area contributed by atoms with Crippen LogP contribution in [0, 0.1) is 27.7 Å². The summed E-state index contributed by atoms with van der Waals surface area (Å²) >= 11 is 0. The van der Waals surface area contributed by atoms with E-state index < -0.39 is 17.8 Å². The number of amides is 4. The average molecular weight is 482 g/mol. The first kappa shape index (κ1) is 23.0. The van der Waals surface area contributed by atoms with E-state index in [9.17, 15) is 19.2 Å². The summed E-state index contributed by atoms with van der Waals surface area (Å²) in [4.78, 5) is 57.3. The van der Waals surface area contributed by atoms with Gasteiger partial charge in [-0.05, 0) is 75.2 Å². The third kappa shape index (κ3) is 3.61. The summed E-state index contributed by atoms with van der Waals surface area (Å²) in [5.41, 5.74) is 3.31. The summed E-state index contributed by atoms with van der Waals surface area (Å²) in [7, 11) is 0. The van der Waals surface area contributed by atoms with Gasteiger partial charge in [-0.15, -0.1) is 0 Å². The first-order chi connectivity index (χ1) is 17.2. The number of rotatable bonds is 3. The van der Waals surface area contributed by atoms with Crippen molar-refractivity contribution in [1.29, 1.82) is 0 Å². The number of fused-ring (bicyclic) bond motifs is 1. The van der Waals surface area contributed by atoms with Crippen molar-refractivity contribution in [1.82, 2.24) is 19.7 Å². The van der Waals surface area contributed by atoms with Crippen molar-refractivity contribution in [3.63, 3.8) is 0 Å². The van der Waals surface area contributed by atoms with Crippen molar-refractivity contribution in [3.05, 3.63) is 98.9 Å². The van der Waals surface area contributed by atoms with Crippen molar-refractivity contribution in [2.24, 2.45) is 0 Å². The molecule has 5 rings (SSSR count). The number of imide groups is 2. The first-order valence-corrected chi connectivity index (χ1v) is 11.3. The van der Waals surface area contributed by atoms with Crippen molar-refractivity contribution >= 4 is 40.5 Å². The molecule has 180 valence electrons. The Morgan fingerprint density at radius 3 is 2.36 bits per heavy atom. The molecule has 0 radical (unpaired) electrons. The number of aromatic nitrogens is 3. The zero-order valence-corrected chi connectivity index (χ0v) is 20.2. The largest absolute Gasteiger partial charge is 0.335 e. The predicted octanol–water partition coefficient (Wildman–Crippen LogP) is 3.41. The Morgan fingerprint density at radius 1 is 0.861 bits per heavy atom. The van der Waals surface area contributed by atoms with Crippen LogP contribution < -0.4 is 15.8 Å². The number of nitrogens with one attached hydrogen (secondary N) is 1. The lowest BCUT2D eigenvalue weighted by molar-refractivity contribution is -0.122. The lowest BCUT2D eigenvalue weighted by atomic mass is 10.1. The SMILES string of the molecule is Cc1cccc(N2C(=O)NC(=O)C(=Cc3cc(C)n(-n4c(C)nc5ccccc5c4=O)c3C)C2=O)c1. The normalized spacial score (nSPS) is 15.2. The molecule has 3 heterocycles. The number of benzene rings is 2. The molecule has 0 saturated carbocycles. The van der Waals surface area contributed by atoms with Crippen LogP contribution in [0.3, 0.4) is 0 Å².